The van der Waals surface area contributed by atoms with Crippen LogP contribution in [-0.4, -0.2) is 29.8 Å². The highest BCUT2D eigenvalue weighted by Crippen LogP contribution is 2.17. The Labute approximate surface area is 182 Å². The first-order chi connectivity index (χ1) is 15.0. The van der Waals surface area contributed by atoms with E-state index in [2.05, 4.69) is 5.32 Å². The highest BCUT2D eigenvalue weighted by Gasteiger charge is 2.29. The smallest absolute Gasteiger partial charge is 0.242 e. The van der Waals surface area contributed by atoms with Gasteiger partial charge < -0.3 is 10.2 Å². The van der Waals surface area contributed by atoms with Crippen LogP contribution in [0.2, 0.25) is 0 Å². The molecule has 0 aromatic heterocycles. The van der Waals surface area contributed by atoms with Gasteiger partial charge in [0.05, 0.1) is 6.42 Å². The van der Waals surface area contributed by atoms with Crippen molar-refractivity contribution in [1.29, 1.82) is 0 Å². The van der Waals surface area contributed by atoms with E-state index in [0.717, 1.165) is 22.3 Å². The molecule has 0 aliphatic rings. The van der Waals surface area contributed by atoms with Crippen molar-refractivity contribution in [3.63, 3.8) is 0 Å². The van der Waals surface area contributed by atoms with Gasteiger partial charge in [0, 0.05) is 20.0 Å². The van der Waals surface area contributed by atoms with Crippen LogP contribution in [0, 0.1) is 12.7 Å². The number of hydrogen-bond acceptors (Lipinski definition) is 2. The van der Waals surface area contributed by atoms with Gasteiger partial charge in [0.1, 0.15) is 11.9 Å². The third kappa shape index (κ3) is 6.25. The van der Waals surface area contributed by atoms with E-state index in [-0.39, 0.29) is 30.6 Å². The lowest BCUT2D eigenvalue weighted by Gasteiger charge is -2.31. The third-order valence-electron chi connectivity index (χ3n) is 5.26. The number of carbonyl (C=O) groups is 2. The van der Waals surface area contributed by atoms with Crippen LogP contribution >= 0.6 is 0 Å². The third-order valence-corrected chi connectivity index (χ3v) is 5.26. The number of carbonyl (C=O) groups excluding carboxylic acids is 2. The van der Waals surface area contributed by atoms with Gasteiger partial charge in [-0.3, -0.25) is 9.59 Å². The number of nitrogens with one attached hydrogen (secondary N) is 1. The van der Waals surface area contributed by atoms with Gasteiger partial charge in [-0.25, -0.2) is 4.39 Å². The Morgan fingerprint density at radius 2 is 1.48 bits per heavy atom. The van der Waals surface area contributed by atoms with Gasteiger partial charge in [0.2, 0.25) is 11.8 Å². The molecule has 0 fully saturated rings. The summed E-state index contributed by atoms with van der Waals surface area (Å²) in [7, 11) is 1.57. The van der Waals surface area contributed by atoms with E-state index in [4.69, 9.17) is 0 Å². The van der Waals surface area contributed by atoms with Crippen LogP contribution in [0.3, 0.4) is 0 Å². The summed E-state index contributed by atoms with van der Waals surface area (Å²) in [6.45, 7) is 2.21. The second kappa shape index (κ2) is 10.5. The van der Waals surface area contributed by atoms with E-state index in [1.807, 2.05) is 61.5 Å². The quantitative estimate of drug-likeness (QED) is 0.600. The number of amides is 2. The molecule has 4 nitrogen and oxygen atoms in total. The molecule has 31 heavy (non-hydrogen) atoms. The first-order valence-electron chi connectivity index (χ1n) is 10.3. The van der Waals surface area contributed by atoms with Crippen molar-refractivity contribution in [1.82, 2.24) is 10.2 Å². The van der Waals surface area contributed by atoms with Crippen LogP contribution in [0.1, 0.15) is 22.3 Å². The molecule has 0 heterocycles. The zero-order valence-corrected chi connectivity index (χ0v) is 17.8. The molecular weight excluding hydrogens is 391 g/mol. The standard InChI is InChI=1S/C26H27FN2O2/c1-19-8-10-21(11-9-19)17-25(30)29(18-22-12-14-23(27)15-13-22)24(26(31)28-2)16-20-6-4-3-5-7-20/h3-15,24H,16-18H2,1-2H3,(H,28,31)/t24-/m1/s1. The highest BCUT2D eigenvalue weighted by molar-refractivity contribution is 5.88. The first kappa shape index (κ1) is 22.2. The fourth-order valence-corrected chi connectivity index (χ4v) is 3.49. The fraction of sp³-hybridized carbons (Fsp3) is 0.231. The van der Waals surface area contributed by atoms with Gasteiger partial charge >= 0.3 is 0 Å². The van der Waals surface area contributed by atoms with Crippen molar-refractivity contribution in [2.45, 2.75) is 32.4 Å². The van der Waals surface area contributed by atoms with Crippen molar-refractivity contribution in [2.75, 3.05) is 7.05 Å². The van der Waals surface area contributed by atoms with Gasteiger partial charge in [-0.15, -0.1) is 0 Å². The van der Waals surface area contributed by atoms with E-state index < -0.39 is 6.04 Å². The maximum atomic E-state index is 13.4. The molecule has 2 amide bonds. The molecular formula is C26H27FN2O2. The Bertz CT molecular complexity index is 1000. The predicted octanol–water partition coefficient (Wildman–Crippen LogP) is 4.06. The van der Waals surface area contributed by atoms with Crippen molar-refractivity contribution in [3.05, 3.63) is 107 Å². The van der Waals surface area contributed by atoms with E-state index >= 15 is 0 Å². The summed E-state index contributed by atoms with van der Waals surface area (Å²) in [5.74, 6) is -0.727. The van der Waals surface area contributed by atoms with Crippen molar-refractivity contribution < 1.29 is 14.0 Å². The first-order valence-corrected chi connectivity index (χ1v) is 10.3. The monoisotopic (exact) mass is 418 g/mol. The number of aryl methyl sites for hydroxylation is 1. The van der Waals surface area contributed by atoms with Crippen LogP contribution in [0.15, 0.2) is 78.9 Å². The Hall–Kier alpha value is -3.47. The zero-order valence-electron chi connectivity index (χ0n) is 17.8. The number of rotatable bonds is 8. The second-order valence-corrected chi connectivity index (χ2v) is 7.63. The summed E-state index contributed by atoms with van der Waals surface area (Å²) in [5, 5.41) is 2.69. The molecule has 0 aliphatic heterocycles. The maximum Gasteiger partial charge on any atom is 0.242 e. The van der Waals surface area contributed by atoms with Crippen LogP contribution in [0.25, 0.3) is 0 Å². The average Bonchev–Trinajstić information content (AvgIpc) is 2.79. The van der Waals surface area contributed by atoms with Crippen molar-refractivity contribution >= 4 is 11.8 Å². The molecule has 0 unspecified atom stereocenters. The lowest BCUT2D eigenvalue weighted by Crippen LogP contribution is -2.50. The summed E-state index contributed by atoms with van der Waals surface area (Å²) >= 11 is 0. The van der Waals surface area contributed by atoms with Gasteiger partial charge in [-0.2, -0.15) is 0 Å². The van der Waals surface area contributed by atoms with Crippen molar-refractivity contribution in [3.8, 4) is 0 Å². The fourth-order valence-electron chi connectivity index (χ4n) is 3.49. The molecule has 3 aromatic rings. The van der Waals surface area contributed by atoms with Crippen LogP contribution in [0.4, 0.5) is 4.39 Å². The molecule has 0 saturated carbocycles. The van der Waals surface area contributed by atoms with Crippen LogP contribution in [-0.2, 0) is 29.0 Å². The Kier molecular flexibility index (Phi) is 7.55. The molecule has 1 atom stereocenters. The number of nitrogens with zero attached hydrogens (tertiary/aromatic N) is 1. The Morgan fingerprint density at radius 3 is 2.10 bits per heavy atom. The van der Waals surface area contributed by atoms with Gasteiger partial charge in [0.15, 0.2) is 0 Å². The zero-order chi connectivity index (χ0) is 22.2. The normalized spacial score (nSPS) is 11.6. The van der Waals surface area contributed by atoms with E-state index in [9.17, 15) is 14.0 Å². The average molecular weight is 419 g/mol. The molecule has 3 rings (SSSR count). The minimum atomic E-state index is -0.685. The van der Waals surface area contributed by atoms with Gasteiger partial charge in [-0.05, 0) is 35.7 Å². The molecule has 160 valence electrons. The predicted molar refractivity (Wildman–Crippen MR) is 120 cm³/mol. The van der Waals surface area contributed by atoms with Crippen LogP contribution in [0.5, 0.6) is 0 Å². The second-order valence-electron chi connectivity index (χ2n) is 7.63. The number of benzene rings is 3. The molecule has 0 bridgehead atoms. The maximum absolute atomic E-state index is 13.4. The van der Waals surface area contributed by atoms with E-state index in [1.54, 1.807) is 24.1 Å². The Morgan fingerprint density at radius 1 is 0.871 bits per heavy atom. The lowest BCUT2D eigenvalue weighted by molar-refractivity contribution is -0.140. The number of halogens is 1. The summed E-state index contributed by atoms with van der Waals surface area (Å²) in [6, 6.07) is 22.7. The largest absolute Gasteiger partial charge is 0.357 e. The summed E-state index contributed by atoms with van der Waals surface area (Å²) in [4.78, 5) is 27.8. The summed E-state index contributed by atoms with van der Waals surface area (Å²) in [6.07, 6.45) is 0.575. The molecule has 1 N–H and O–H groups in total. The van der Waals surface area contributed by atoms with E-state index in [0.29, 0.717) is 6.42 Å². The van der Waals surface area contributed by atoms with E-state index in [1.165, 1.54) is 12.1 Å². The van der Waals surface area contributed by atoms with Gasteiger partial charge in [0.25, 0.3) is 0 Å². The van der Waals surface area contributed by atoms with Gasteiger partial charge in [-0.1, -0.05) is 72.3 Å². The number of hydrogen-bond donors (Lipinski definition) is 1. The minimum absolute atomic E-state index is 0.155. The van der Waals surface area contributed by atoms with Crippen LogP contribution < -0.4 is 5.32 Å². The highest BCUT2D eigenvalue weighted by atomic mass is 19.1. The molecule has 0 saturated heterocycles. The molecule has 0 spiro atoms. The molecule has 3 aromatic carbocycles. The molecule has 0 aliphatic carbocycles. The van der Waals surface area contributed by atoms with Crippen molar-refractivity contribution in [2.24, 2.45) is 0 Å². The molecule has 5 heteroatoms. The molecule has 0 radical (unpaired) electrons. The number of likely N-dealkylation sites (N-methyl/N-ethyl adjacent to an activating group) is 1. The SMILES string of the molecule is CNC(=O)[C@@H](Cc1ccccc1)N(Cc1ccc(F)cc1)C(=O)Cc1ccc(C)cc1. The minimum Gasteiger partial charge on any atom is -0.357 e. The Balaban J connectivity index is 1.92. The summed E-state index contributed by atoms with van der Waals surface area (Å²) in [5.41, 5.74) is 3.73. The topological polar surface area (TPSA) is 49.4 Å². The summed E-state index contributed by atoms with van der Waals surface area (Å²) < 4.78 is 13.4. The lowest BCUT2D eigenvalue weighted by atomic mass is 10.0.